The van der Waals surface area contributed by atoms with Gasteiger partial charge in [-0.3, -0.25) is 0 Å². The molecule has 0 fully saturated rings. The van der Waals surface area contributed by atoms with Crippen LogP contribution in [-0.2, 0) is 35.1 Å². The van der Waals surface area contributed by atoms with Gasteiger partial charge in [0.25, 0.3) is 0 Å². The zero-order valence-corrected chi connectivity index (χ0v) is 25.3. The van der Waals surface area contributed by atoms with E-state index in [1.165, 1.54) is 22.3 Å². The Bertz CT molecular complexity index is 681. The summed E-state index contributed by atoms with van der Waals surface area (Å²) in [6.45, 7) is 19.8. The Labute approximate surface area is 209 Å². The Hall–Kier alpha value is 0.777. The van der Waals surface area contributed by atoms with Gasteiger partial charge in [-0.2, -0.15) is 0 Å². The van der Waals surface area contributed by atoms with E-state index in [1.807, 2.05) is 0 Å². The van der Waals surface area contributed by atoms with Crippen molar-refractivity contribution < 1.29 is 35.1 Å². The van der Waals surface area contributed by atoms with Crippen LogP contribution in [0.5, 0.6) is 0 Å². The van der Waals surface area contributed by atoms with Crippen molar-refractivity contribution in [3.8, 4) is 0 Å². The van der Waals surface area contributed by atoms with Crippen LogP contribution >= 0.6 is 23.2 Å². The Balaban J connectivity index is 0.00000420. The second-order valence-electron chi connectivity index (χ2n) is 9.83. The van der Waals surface area contributed by atoms with Crippen molar-refractivity contribution in [2.45, 2.75) is 85.1 Å². The van der Waals surface area contributed by atoms with E-state index in [-0.39, 0.29) is 44.3 Å². The molecule has 0 aromatic carbocycles. The first-order valence-electron chi connectivity index (χ1n) is 10.2. The summed E-state index contributed by atoms with van der Waals surface area (Å²) in [4.78, 5) is 0. The summed E-state index contributed by atoms with van der Waals surface area (Å²) in [5.41, 5.74) is 4.82. The summed E-state index contributed by atoms with van der Waals surface area (Å²) in [6, 6.07) is 0. The number of hydrogen-bond acceptors (Lipinski definition) is 2. The molecule has 0 radical (unpaired) electrons. The van der Waals surface area contributed by atoms with Gasteiger partial charge in [0.1, 0.15) is 0 Å². The largest absolute Gasteiger partial charge is 0.411 e. The molecule has 0 spiro atoms. The Kier molecular flexibility index (Phi) is 10.2. The van der Waals surface area contributed by atoms with Gasteiger partial charge in [0.15, 0.2) is 16.6 Å². The van der Waals surface area contributed by atoms with Crippen LogP contribution in [0.15, 0.2) is 44.5 Å². The fourth-order valence-electron chi connectivity index (χ4n) is 4.22. The van der Waals surface area contributed by atoms with E-state index in [0.717, 1.165) is 22.9 Å². The van der Waals surface area contributed by atoms with E-state index < -0.39 is 16.6 Å². The fourth-order valence-corrected chi connectivity index (χ4v) is 7.30. The average Bonchev–Trinajstić information content (AvgIpc) is 3.06. The maximum atomic E-state index is 6.72. The molecule has 2 aliphatic rings. The van der Waals surface area contributed by atoms with Gasteiger partial charge in [-0.15, -0.1) is 0 Å². The molecule has 0 aliphatic heterocycles. The Morgan fingerprint density at radius 3 is 1.31 bits per heavy atom. The van der Waals surface area contributed by atoms with E-state index in [1.54, 1.807) is 0 Å². The van der Waals surface area contributed by atoms with Crippen LogP contribution in [0.3, 0.4) is 0 Å². The summed E-state index contributed by atoms with van der Waals surface area (Å²) in [6.07, 6.45) is 6.11. The zero-order valence-electron chi connectivity index (χ0n) is 19.4. The molecule has 2 rings (SSSR count). The van der Waals surface area contributed by atoms with Crippen LogP contribution in [0.25, 0.3) is 0 Å². The molecule has 2 unspecified atom stereocenters. The minimum Gasteiger partial charge on any atom is -0.411 e. The molecule has 0 saturated heterocycles. The number of hydrogen-bond donors (Lipinski definition) is 0. The molecule has 29 heavy (non-hydrogen) atoms. The second kappa shape index (κ2) is 10.6. The third-order valence-electron chi connectivity index (χ3n) is 5.01. The number of halogens is 2. The van der Waals surface area contributed by atoms with Crippen molar-refractivity contribution in [1.82, 2.24) is 0 Å². The monoisotopic (exact) mass is 548 g/mol. The maximum absolute atomic E-state index is 6.72. The Morgan fingerprint density at radius 1 is 0.724 bits per heavy atom. The van der Waals surface area contributed by atoms with Gasteiger partial charge in [0, 0.05) is 55.0 Å². The minimum absolute atomic E-state index is 0. The SMILES string of the molecule is CC(O[Si](C)(C)C)C1=CCC(Cl)=C1C(C)C1=C(Cl)CC=C1C(C)O[Si](C)(C)C.[Zr]. The van der Waals surface area contributed by atoms with E-state index in [4.69, 9.17) is 32.1 Å². The first-order valence-corrected chi connectivity index (χ1v) is 17.8. The molecule has 0 aromatic rings. The topological polar surface area (TPSA) is 18.5 Å². The molecule has 7 heteroatoms. The molecule has 2 aliphatic carbocycles. The van der Waals surface area contributed by atoms with Crippen molar-refractivity contribution in [2.75, 3.05) is 0 Å². The molecule has 2 atom stereocenters. The molecule has 0 N–H and O–H groups in total. The second-order valence-corrected chi connectivity index (χ2v) is 19.7. The summed E-state index contributed by atoms with van der Waals surface area (Å²) < 4.78 is 12.7. The summed E-state index contributed by atoms with van der Waals surface area (Å²) in [7, 11) is -3.30. The standard InChI is InChI=1S/C22H36Cl2O2Si2.Zr/c1-14(21-17(10-12-19(21)23)15(2)25-27(4,5)6)22-18(11-13-20(22)24)16(3)26-28(7,8)9;/h10-11,14-16H,12-13H2,1-9H3;. The first-order chi connectivity index (χ1) is 12.7. The van der Waals surface area contributed by atoms with Crippen molar-refractivity contribution in [3.63, 3.8) is 0 Å². The molecule has 162 valence electrons. The molecule has 0 amide bonds. The Morgan fingerprint density at radius 2 is 1.03 bits per heavy atom. The molecule has 2 nitrogen and oxygen atoms in total. The van der Waals surface area contributed by atoms with Crippen LogP contribution in [-0.4, -0.2) is 28.8 Å². The van der Waals surface area contributed by atoms with Gasteiger partial charge < -0.3 is 8.85 Å². The smallest absolute Gasteiger partial charge is 0.184 e. The molecule has 0 heterocycles. The van der Waals surface area contributed by atoms with E-state index in [9.17, 15) is 0 Å². The molecule has 0 saturated carbocycles. The van der Waals surface area contributed by atoms with E-state index in [2.05, 4.69) is 72.2 Å². The summed E-state index contributed by atoms with van der Waals surface area (Å²) in [5.74, 6) is 0.128. The van der Waals surface area contributed by atoms with Gasteiger partial charge >= 0.3 is 0 Å². The van der Waals surface area contributed by atoms with Crippen molar-refractivity contribution >= 4 is 39.8 Å². The van der Waals surface area contributed by atoms with Crippen molar-refractivity contribution in [1.29, 1.82) is 0 Å². The van der Waals surface area contributed by atoms with Gasteiger partial charge in [-0.1, -0.05) is 42.3 Å². The van der Waals surface area contributed by atoms with Crippen LogP contribution in [0.1, 0.15) is 33.6 Å². The quantitative estimate of drug-likeness (QED) is 0.288. The summed E-state index contributed by atoms with van der Waals surface area (Å²) in [5, 5.41) is 1.83. The normalized spacial score (nSPS) is 21.1. The zero-order chi connectivity index (χ0) is 21.4. The third-order valence-corrected chi connectivity index (χ3v) is 7.85. The van der Waals surface area contributed by atoms with Gasteiger partial charge in [0.05, 0.1) is 12.2 Å². The molecule has 0 bridgehead atoms. The van der Waals surface area contributed by atoms with Gasteiger partial charge in [-0.05, 0) is 75.4 Å². The number of allylic oxidation sites excluding steroid dienone is 4. The van der Waals surface area contributed by atoms with Gasteiger partial charge in [0.2, 0.25) is 0 Å². The van der Waals surface area contributed by atoms with Crippen molar-refractivity contribution in [2.24, 2.45) is 5.92 Å². The van der Waals surface area contributed by atoms with Crippen LogP contribution in [0.4, 0.5) is 0 Å². The van der Waals surface area contributed by atoms with E-state index >= 15 is 0 Å². The first kappa shape index (κ1) is 27.8. The molecule has 0 aromatic heterocycles. The van der Waals surface area contributed by atoms with E-state index in [0.29, 0.717) is 0 Å². The predicted molar refractivity (Wildman–Crippen MR) is 128 cm³/mol. The van der Waals surface area contributed by atoms with Crippen LogP contribution in [0.2, 0.25) is 39.3 Å². The van der Waals surface area contributed by atoms with Crippen LogP contribution < -0.4 is 0 Å². The fraction of sp³-hybridized carbons (Fsp3) is 0.636. The third kappa shape index (κ3) is 7.41. The minimum atomic E-state index is -1.65. The average molecular weight is 551 g/mol. The molecular weight excluding hydrogens is 515 g/mol. The summed E-state index contributed by atoms with van der Waals surface area (Å²) >= 11 is 13.4. The van der Waals surface area contributed by atoms with Crippen LogP contribution in [0, 0.1) is 5.92 Å². The predicted octanol–water partition coefficient (Wildman–Crippen LogP) is 7.75. The maximum Gasteiger partial charge on any atom is 0.184 e. The number of rotatable bonds is 8. The van der Waals surface area contributed by atoms with Crippen molar-refractivity contribution in [3.05, 3.63) is 44.5 Å². The van der Waals surface area contributed by atoms with Gasteiger partial charge in [-0.25, -0.2) is 0 Å². The molecular formula is C22H36Cl2O2Si2Zr.